The summed E-state index contributed by atoms with van der Waals surface area (Å²) in [5, 5.41) is 4.97. The van der Waals surface area contributed by atoms with Crippen molar-refractivity contribution in [3.63, 3.8) is 0 Å². The minimum atomic E-state index is 1.07. The van der Waals surface area contributed by atoms with E-state index in [1.54, 1.807) is 0 Å². The highest BCUT2D eigenvalue weighted by atomic mass is 15.1. The lowest BCUT2D eigenvalue weighted by Gasteiger charge is -2.27. The fourth-order valence-electron chi connectivity index (χ4n) is 9.92. The Kier molecular flexibility index (Phi) is 9.89. The van der Waals surface area contributed by atoms with Crippen molar-refractivity contribution in [3.05, 3.63) is 267 Å². The SMILES string of the molecule is c1ccc(-c2ccccc2-c2c(-c3ccccc3)cccc2-c2cccc(N(c3ccc(-c4ccc5ccccc5c4)cc3)c3cccc(-n4c5ccccc5c5ccccc54)c3)c2)cc1. The van der Waals surface area contributed by atoms with Gasteiger partial charge in [0.25, 0.3) is 0 Å². The van der Waals surface area contributed by atoms with Crippen LogP contribution in [0.25, 0.3) is 93.9 Å². The number of fused-ring (bicyclic) bond motifs is 4. The second-order valence-corrected chi connectivity index (χ2v) is 16.9. The van der Waals surface area contributed by atoms with E-state index in [-0.39, 0.29) is 0 Å². The lowest BCUT2D eigenvalue weighted by atomic mass is 9.84. The standard InChI is InChI=1S/C64H44N2/c1-3-19-47(20-4-1)56-28-9-10-31-61(56)64-57(48-21-5-2-6-22-48)32-17-33-58(64)51-24-15-25-53(43-51)65(52-40-38-46(39-41-52)50-37-36-45-18-7-8-23-49(45)42-50)54-26-16-27-55(44-54)66-62-34-13-11-29-59(62)60-30-12-14-35-63(60)66/h1-44H. The molecule has 0 radical (unpaired) electrons. The highest BCUT2D eigenvalue weighted by molar-refractivity contribution is 6.09. The highest BCUT2D eigenvalue weighted by Gasteiger charge is 2.21. The molecule has 1 aromatic heterocycles. The zero-order valence-corrected chi connectivity index (χ0v) is 36.3. The summed E-state index contributed by atoms with van der Waals surface area (Å²) >= 11 is 0. The van der Waals surface area contributed by atoms with Crippen LogP contribution in [-0.4, -0.2) is 4.57 Å². The number of aromatic nitrogens is 1. The highest BCUT2D eigenvalue weighted by Crippen LogP contribution is 2.46. The van der Waals surface area contributed by atoms with E-state index in [9.17, 15) is 0 Å². The van der Waals surface area contributed by atoms with Crippen molar-refractivity contribution in [3.8, 4) is 61.3 Å². The van der Waals surface area contributed by atoms with Crippen molar-refractivity contribution in [1.82, 2.24) is 4.57 Å². The first kappa shape index (κ1) is 38.9. The van der Waals surface area contributed by atoms with Crippen LogP contribution in [-0.2, 0) is 0 Å². The Morgan fingerprint density at radius 1 is 0.258 bits per heavy atom. The van der Waals surface area contributed by atoms with E-state index in [1.165, 1.54) is 82.6 Å². The van der Waals surface area contributed by atoms with Gasteiger partial charge in [0.1, 0.15) is 0 Å². The number of nitrogens with zero attached hydrogens (tertiary/aromatic N) is 2. The zero-order chi connectivity index (χ0) is 43.8. The number of hydrogen-bond acceptors (Lipinski definition) is 1. The maximum absolute atomic E-state index is 2.41. The molecule has 2 nitrogen and oxygen atoms in total. The molecule has 0 spiro atoms. The van der Waals surface area contributed by atoms with Crippen molar-refractivity contribution < 1.29 is 0 Å². The van der Waals surface area contributed by atoms with Gasteiger partial charge in [0.2, 0.25) is 0 Å². The molecule has 0 unspecified atom stereocenters. The van der Waals surface area contributed by atoms with Crippen LogP contribution in [0.5, 0.6) is 0 Å². The summed E-state index contributed by atoms with van der Waals surface area (Å²) in [5.74, 6) is 0. The molecule has 0 aliphatic rings. The van der Waals surface area contributed by atoms with E-state index in [2.05, 4.69) is 276 Å². The summed E-state index contributed by atoms with van der Waals surface area (Å²) in [5.41, 5.74) is 18.6. The van der Waals surface area contributed by atoms with Gasteiger partial charge in [0.15, 0.2) is 0 Å². The molecule has 0 aliphatic carbocycles. The van der Waals surface area contributed by atoms with Crippen LogP contribution >= 0.6 is 0 Å². The van der Waals surface area contributed by atoms with Crippen molar-refractivity contribution in [2.45, 2.75) is 0 Å². The third-order valence-electron chi connectivity index (χ3n) is 13.0. The molecule has 11 aromatic carbocycles. The first-order valence-electron chi connectivity index (χ1n) is 22.7. The molecule has 12 rings (SSSR count). The molecule has 0 saturated heterocycles. The summed E-state index contributed by atoms with van der Waals surface area (Å²) in [4.78, 5) is 2.41. The number of benzene rings is 11. The minimum absolute atomic E-state index is 1.07. The van der Waals surface area contributed by atoms with Gasteiger partial charge < -0.3 is 9.47 Å². The van der Waals surface area contributed by atoms with Crippen molar-refractivity contribution in [2.24, 2.45) is 0 Å². The van der Waals surface area contributed by atoms with Crippen molar-refractivity contribution >= 4 is 49.6 Å². The van der Waals surface area contributed by atoms with Gasteiger partial charge >= 0.3 is 0 Å². The molecule has 0 N–H and O–H groups in total. The summed E-state index contributed by atoms with van der Waals surface area (Å²) in [6.45, 7) is 0. The van der Waals surface area contributed by atoms with E-state index in [0.717, 1.165) is 28.3 Å². The molecule has 1 heterocycles. The fourth-order valence-corrected chi connectivity index (χ4v) is 9.92. The van der Waals surface area contributed by atoms with Gasteiger partial charge in [-0.2, -0.15) is 0 Å². The number of rotatable bonds is 9. The molecule has 0 fully saturated rings. The Morgan fingerprint density at radius 2 is 0.758 bits per heavy atom. The molecule has 12 aromatic rings. The van der Waals surface area contributed by atoms with Crippen molar-refractivity contribution in [1.29, 1.82) is 0 Å². The first-order valence-corrected chi connectivity index (χ1v) is 22.7. The van der Waals surface area contributed by atoms with Crippen molar-refractivity contribution in [2.75, 3.05) is 4.90 Å². The van der Waals surface area contributed by atoms with E-state index >= 15 is 0 Å². The molecule has 0 amide bonds. The number of hydrogen-bond donors (Lipinski definition) is 0. The zero-order valence-electron chi connectivity index (χ0n) is 36.3. The van der Waals surface area contributed by atoms with E-state index in [1.807, 2.05) is 0 Å². The fraction of sp³-hybridized carbons (Fsp3) is 0. The molecule has 0 atom stereocenters. The van der Waals surface area contributed by atoms with Gasteiger partial charge in [0.05, 0.1) is 11.0 Å². The Balaban J connectivity index is 1.04. The van der Waals surface area contributed by atoms with Gasteiger partial charge in [-0.1, -0.05) is 206 Å². The summed E-state index contributed by atoms with van der Waals surface area (Å²) in [7, 11) is 0. The van der Waals surface area contributed by atoms with Crippen LogP contribution in [0.3, 0.4) is 0 Å². The average molecular weight is 841 g/mol. The van der Waals surface area contributed by atoms with Gasteiger partial charge in [-0.05, 0) is 127 Å². The van der Waals surface area contributed by atoms with E-state index in [4.69, 9.17) is 0 Å². The smallest absolute Gasteiger partial charge is 0.0541 e. The maximum atomic E-state index is 2.41. The van der Waals surface area contributed by atoms with Gasteiger partial charge in [0, 0.05) is 33.5 Å². The molecular weight excluding hydrogens is 797 g/mol. The molecule has 0 saturated carbocycles. The quantitative estimate of drug-likeness (QED) is 0.141. The van der Waals surface area contributed by atoms with Crippen LogP contribution in [0.2, 0.25) is 0 Å². The van der Waals surface area contributed by atoms with Crippen LogP contribution in [0.1, 0.15) is 0 Å². The number of anilines is 3. The van der Waals surface area contributed by atoms with Gasteiger partial charge in [-0.25, -0.2) is 0 Å². The first-order chi connectivity index (χ1) is 32.7. The summed E-state index contributed by atoms with van der Waals surface area (Å²) in [6.07, 6.45) is 0. The lowest BCUT2D eigenvalue weighted by Crippen LogP contribution is -2.10. The van der Waals surface area contributed by atoms with Crippen LogP contribution in [0, 0.1) is 0 Å². The third-order valence-corrected chi connectivity index (χ3v) is 13.0. The molecule has 2 heteroatoms. The second kappa shape index (κ2) is 16.8. The Bertz CT molecular complexity index is 3640. The number of para-hydroxylation sites is 2. The van der Waals surface area contributed by atoms with Gasteiger partial charge in [-0.3, -0.25) is 0 Å². The Labute approximate surface area is 385 Å². The molecule has 66 heavy (non-hydrogen) atoms. The maximum Gasteiger partial charge on any atom is 0.0541 e. The second-order valence-electron chi connectivity index (χ2n) is 16.9. The average Bonchev–Trinajstić information content (AvgIpc) is 3.74. The molecular formula is C64H44N2. The topological polar surface area (TPSA) is 8.17 Å². The molecule has 0 bridgehead atoms. The molecule has 310 valence electrons. The predicted octanol–water partition coefficient (Wildman–Crippen LogP) is 17.7. The van der Waals surface area contributed by atoms with Crippen LogP contribution in [0.4, 0.5) is 17.1 Å². The summed E-state index contributed by atoms with van der Waals surface area (Å²) < 4.78 is 2.40. The van der Waals surface area contributed by atoms with Gasteiger partial charge in [-0.15, -0.1) is 0 Å². The minimum Gasteiger partial charge on any atom is -0.310 e. The van der Waals surface area contributed by atoms with Crippen LogP contribution < -0.4 is 4.90 Å². The van der Waals surface area contributed by atoms with E-state index < -0.39 is 0 Å². The normalized spacial score (nSPS) is 11.3. The third kappa shape index (κ3) is 7.02. The molecule has 0 aliphatic heterocycles. The lowest BCUT2D eigenvalue weighted by molar-refractivity contribution is 1.17. The van der Waals surface area contributed by atoms with E-state index in [0.29, 0.717) is 0 Å². The largest absolute Gasteiger partial charge is 0.310 e. The Morgan fingerprint density at radius 3 is 1.47 bits per heavy atom. The van der Waals surface area contributed by atoms with Crippen LogP contribution in [0.15, 0.2) is 267 Å². The Hall–Kier alpha value is -8.72. The predicted molar refractivity (Wildman–Crippen MR) is 280 cm³/mol. The monoisotopic (exact) mass is 840 g/mol. The summed E-state index contributed by atoms with van der Waals surface area (Å²) in [6, 6.07) is 97.0.